The molecule has 110 valence electrons. The normalized spacial score (nSPS) is 10.6. The maximum atomic E-state index is 11.8. The average molecular weight is 292 g/mol. The van der Waals surface area contributed by atoms with Gasteiger partial charge >= 0.3 is 18.2 Å². The number of rotatable bonds is 3. The van der Waals surface area contributed by atoms with Gasteiger partial charge in [0.1, 0.15) is 5.75 Å². The molecule has 0 heterocycles. The summed E-state index contributed by atoms with van der Waals surface area (Å²) in [6, 6.07) is 5.11. The minimum Gasteiger partial charge on any atom is -0.492 e. The number of hydroxylamine groups is 1. The Kier molecular flexibility index (Phi) is 5.18. The molecule has 0 spiro atoms. The van der Waals surface area contributed by atoms with E-state index in [2.05, 4.69) is 10.2 Å². The SMILES string of the molecule is CCOc1ccccc1NC(=O)NOC(=O)C(F)(F)F. The van der Waals surface area contributed by atoms with Crippen LogP contribution >= 0.6 is 0 Å². The van der Waals surface area contributed by atoms with Gasteiger partial charge in [-0.25, -0.2) is 9.59 Å². The molecule has 6 nitrogen and oxygen atoms in total. The molecule has 0 radical (unpaired) electrons. The Morgan fingerprint density at radius 2 is 1.90 bits per heavy atom. The Labute approximate surface area is 111 Å². The van der Waals surface area contributed by atoms with E-state index in [9.17, 15) is 22.8 Å². The van der Waals surface area contributed by atoms with Crippen molar-refractivity contribution in [3.63, 3.8) is 0 Å². The van der Waals surface area contributed by atoms with Crippen LogP contribution in [0.2, 0.25) is 0 Å². The molecule has 0 aliphatic rings. The van der Waals surface area contributed by atoms with Crippen LogP contribution < -0.4 is 15.5 Å². The predicted molar refractivity (Wildman–Crippen MR) is 61.9 cm³/mol. The number of carbonyl (C=O) groups is 2. The average Bonchev–Trinajstić information content (AvgIpc) is 2.37. The lowest BCUT2D eigenvalue weighted by Crippen LogP contribution is -2.36. The largest absolute Gasteiger partial charge is 0.493 e. The molecule has 1 aromatic rings. The molecular formula is C11H11F3N2O4. The quantitative estimate of drug-likeness (QED) is 0.838. The molecule has 0 bridgehead atoms. The van der Waals surface area contributed by atoms with Crippen LogP contribution in [0.15, 0.2) is 24.3 Å². The predicted octanol–water partition coefficient (Wildman–Crippen LogP) is 2.23. The third-order valence-corrected chi connectivity index (χ3v) is 1.90. The van der Waals surface area contributed by atoms with Crippen LogP contribution in [0, 0.1) is 0 Å². The summed E-state index contributed by atoms with van der Waals surface area (Å²) in [4.78, 5) is 25.2. The van der Waals surface area contributed by atoms with E-state index in [0.717, 1.165) is 0 Å². The molecule has 0 saturated carbocycles. The fourth-order valence-corrected chi connectivity index (χ4v) is 1.15. The van der Waals surface area contributed by atoms with Gasteiger partial charge in [-0.05, 0) is 19.1 Å². The summed E-state index contributed by atoms with van der Waals surface area (Å²) < 4.78 is 40.7. The van der Waals surface area contributed by atoms with Crippen molar-refractivity contribution in [3.8, 4) is 5.75 Å². The van der Waals surface area contributed by atoms with Crippen LogP contribution in [0.25, 0.3) is 0 Å². The molecule has 0 atom stereocenters. The molecular weight excluding hydrogens is 281 g/mol. The highest BCUT2D eigenvalue weighted by Crippen LogP contribution is 2.23. The number of urea groups is 1. The number of nitrogens with one attached hydrogen (secondary N) is 2. The van der Waals surface area contributed by atoms with Crippen molar-refractivity contribution in [2.24, 2.45) is 0 Å². The number of ether oxygens (including phenoxy) is 1. The number of amides is 2. The van der Waals surface area contributed by atoms with Gasteiger partial charge in [-0.2, -0.15) is 18.7 Å². The van der Waals surface area contributed by atoms with Gasteiger partial charge < -0.3 is 14.9 Å². The number of para-hydroxylation sites is 2. The highest BCUT2D eigenvalue weighted by molar-refractivity contribution is 5.91. The van der Waals surface area contributed by atoms with Crippen LogP contribution in [0.5, 0.6) is 5.75 Å². The number of benzene rings is 1. The first-order valence-corrected chi connectivity index (χ1v) is 5.41. The van der Waals surface area contributed by atoms with Crippen molar-refractivity contribution in [2.75, 3.05) is 11.9 Å². The Balaban J connectivity index is 2.57. The molecule has 20 heavy (non-hydrogen) atoms. The Morgan fingerprint density at radius 1 is 1.25 bits per heavy atom. The highest BCUT2D eigenvalue weighted by atomic mass is 19.4. The van der Waals surface area contributed by atoms with E-state index >= 15 is 0 Å². The van der Waals surface area contributed by atoms with Crippen molar-refractivity contribution in [1.29, 1.82) is 0 Å². The van der Waals surface area contributed by atoms with Gasteiger partial charge in [-0.3, -0.25) is 0 Å². The van der Waals surface area contributed by atoms with E-state index < -0.39 is 18.2 Å². The van der Waals surface area contributed by atoms with E-state index in [0.29, 0.717) is 12.4 Å². The minimum absolute atomic E-state index is 0.218. The van der Waals surface area contributed by atoms with Crippen LogP contribution in [0.4, 0.5) is 23.7 Å². The summed E-state index contributed by atoms with van der Waals surface area (Å²) in [5, 5.41) is 2.18. The minimum atomic E-state index is -5.18. The van der Waals surface area contributed by atoms with E-state index in [1.165, 1.54) is 11.5 Å². The molecule has 1 aromatic carbocycles. The molecule has 2 amide bonds. The van der Waals surface area contributed by atoms with Crippen molar-refractivity contribution < 1.29 is 32.3 Å². The lowest BCUT2D eigenvalue weighted by Gasteiger charge is -2.12. The molecule has 0 aliphatic carbocycles. The number of halogens is 3. The number of hydrogen-bond donors (Lipinski definition) is 2. The zero-order valence-electron chi connectivity index (χ0n) is 10.3. The van der Waals surface area contributed by atoms with Crippen molar-refractivity contribution in [2.45, 2.75) is 13.1 Å². The maximum Gasteiger partial charge on any atom is 0.493 e. The fourth-order valence-electron chi connectivity index (χ4n) is 1.15. The number of carbonyl (C=O) groups excluding carboxylic acids is 2. The van der Waals surface area contributed by atoms with Crippen molar-refractivity contribution >= 4 is 17.7 Å². The summed E-state index contributed by atoms with van der Waals surface area (Å²) in [7, 11) is 0. The first kappa shape index (κ1) is 15.6. The van der Waals surface area contributed by atoms with Crippen LogP contribution in [-0.2, 0) is 9.63 Å². The van der Waals surface area contributed by atoms with Gasteiger partial charge in [0.05, 0.1) is 12.3 Å². The van der Waals surface area contributed by atoms with Gasteiger partial charge in [0, 0.05) is 0 Å². The molecule has 0 saturated heterocycles. The van der Waals surface area contributed by atoms with Crippen LogP contribution in [0.1, 0.15) is 6.92 Å². The highest BCUT2D eigenvalue weighted by Gasteiger charge is 2.42. The molecule has 0 aliphatic heterocycles. The third kappa shape index (κ3) is 4.67. The summed E-state index contributed by atoms with van der Waals surface area (Å²) in [5.41, 5.74) is 1.55. The third-order valence-electron chi connectivity index (χ3n) is 1.90. The summed E-state index contributed by atoms with van der Waals surface area (Å²) in [5.74, 6) is -2.20. The molecule has 0 aromatic heterocycles. The maximum absolute atomic E-state index is 11.8. The summed E-state index contributed by atoms with van der Waals surface area (Å²) >= 11 is 0. The first-order valence-electron chi connectivity index (χ1n) is 5.41. The molecule has 0 fully saturated rings. The van der Waals surface area contributed by atoms with Crippen molar-refractivity contribution in [3.05, 3.63) is 24.3 Å². The second-order valence-electron chi connectivity index (χ2n) is 3.37. The van der Waals surface area contributed by atoms with Crippen LogP contribution in [0.3, 0.4) is 0 Å². The molecule has 0 unspecified atom stereocenters. The molecule has 1 rings (SSSR count). The summed E-state index contributed by atoms with van der Waals surface area (Å²) in [6.45, 7) is 2.06. The summed E-state index contributed by atoms with van der Waals surface area (Å²) in [6.07, 6.45) is -5.18. The first-order chi connectivity index (χ1) is 9.34. The molecule has 2 N–H and O–H groups in total. The van der Waals surface area contributed by atoms with Gasteiger partial charge in [0.25, 0.3) is 0 Å². The van der Waals surface area contributed by atoms with Gasteiger partial charge in [0.2, 0.25) is 0 Å². The van der Waals surface area contributed by atoms with Gasteiger partial charge in [-0.1, -0.05) is 12.1 Å². The van der Waals surface area contributed by atoms with Crippen molar-refractivity contribution in [1.82, 2.24) is 5.48 Å². The monoisotopic (exact) mass is 292 g/mol. The topological polar surface area (TPSA) is 76.7 Å². The Morgan fingerprint density at radius 3 is 2.50 bits per heavy atom. The fraction of sp³-hybridized carbons (Fsp3) is 0.273. The van der Waals surface area contributed by atoms with E-state index in [1.54, 1.807) is 25.1 Å². The van der Waals surface area contributed by atoms with E-state index in [4.69, 9.17) is 4.74 Å². The lowest BCUT2D eigenvalue weighted by molar-refractivity contribution is -0.204. The number of alkyl halides is 3. The number of hydrogen-bond acceptors (Lipinski definition) is 4. The Hall–Kier alpha value is -2.45. The van der Waals surface area contributed by atoms with Gasteiger partial charge in [-0.15, -0.1) is 0 Å². The standard InChI is InChI=1S/C11H11F3N2O4/c1-2-19-8-6-4-3-5-7(8)15-10(18)16-20-9(17)11(12,13)14/h3-6H,2H2,1H3,(H2,15,16,18). The second kappa shape index (κ2) is 6.64. The van der Waals surface area contributed by atoms with E-state index in [1.807, 2.05) is 0 Å². The zero-order valence-corrected chi connectivity index (χ0v) is 10.3. The van der Waals surface area contributed by atoms with Gasteiger partial charge in [0.15, 0.2) is 0 Å². The van der Waals surface area contributed by atoms with E-state index in [-0.39, 0.29) is 5.69 Å². The lowest BCUT2D eigenvalue weighted by atomic mass is 10.3. The van der Waals surface area contributed by atoms with Crippen LogP contribution in [-0.4, -0.2) is 24.8 Å². The molecule has 9 heteroatoms. The number of anilines is 1. The Bertz CT molecular complexity index is 491. The smallest absolute Gasteiger partial charge is 0.492 e. The second-order valence-corrected chi connectivity index (χ2v) is 3.37. The zero-order chi connectivity index (χ0) is 15.2.